The third-order valence-corrected chi connectivity index (χ3v) is 4.39. The summed E-state index contributed by atoms with van der Waals surface area (Å²) >= 11 is 7.89. The average Bonchev–Trinajstić information content (AvgIpc) is 2.39. The summed E-state index contributed by atoms with van der Waals surface area (Å²) in [5.41, 5.74) is 14.2. The lowest BCUT2D eigenvalue weighted by molar-refractivity contribution is 0.933. The zero-order valence-corrected chi connectivity index (χ0v) is 12.2. The molecule has 100 valence electrons. The molecule has 4 heteroatoms. The van der Waals surface area contributed by atoms with Gasteiger partial charge in [0.25, 0.3) is 0 Å². The van der Waals surface area contributed by atoms with E-state index in [0.29, 0.717) is 5.69 Å². The Morgan fingerprint density at radius 3 is 2.32 bits per heavy atom. The minimum Gasteiger partial charge on any atom is -0.399 e. The maximum absolute atomic E-state index is 6.13. The maximum Gasteiger partial charge on any atom is 0.0562 e. The molecule has 0 fully saturated rings. The molecule has 0 aliphatic heterocycles. The van der Waals surface area contributed by atoms with E-state index in [2.05, 4.69) is 12.1 Å². The Bertz CT molecular complexity index is 540. The van der Waals surface area contributed by atoms with Gasteiger partial charge < -0.3 is 11.5 Å². The highest BCUT2D eigenvalue weighted by Crippen LogP contribution is 2.29. The van der Waals surface area contributed by atoms with Crippen molar-refractivity contribution in [3.63, 3.8) is 0 Å². The molecule has 0 amide bonds. The number of halogens is 1. The Morgan fingerprint density at radius 1 is 0.947 bits per heavy atom. The van der Waals surface area contributed by atoms with E-state index in [1.54, 1.807) is 17.8 Å². The van der Waals surface area contributed by atoms with Crippen molar-refractivity contribution in [1.82, 2.24) is 0 Å². The number of benzene rings is 2. The number of hydrogen-bond acceptors (Lipinski definition) is 3. The van der Waals surface area contributed by atoms with Crippen molar-refractivity contribution in [1.29, 1.82) is 0 Å². The third kappa shape index (κ3) is 4.37. The van der Waals surface area contributed by atoms with E-state index in [1.165, 1.54) is 5.56 Å². The molecule has 0 aliphatic carbocycles. The molecule has 0 spiro atoms. The summed E-state index contributed by atoms with van der Waals surface area (Å²) in [4.78, 5) is 1.09. The van der Waals surface area contributed by atoms with Crippen LogP contribution >= 0.6 is 23.4 Å². The van der Waals surface area contributed by atoms with Crippen LogP contribution in [0.4, 0.5) is 11.4 Å². The first-order valence-corrected chi connectivity index (χ1v) is 7.54. The summed E-state index contributed by atoms with van der Waals surface area (Å²) in [6.07, 6.45) is 2.16. The lowest BCUT2D eigenvalue weighted by Gasteiger charge is -2.05. The van der Waals surface area contributed by atoms with Crippen LogP contribution in [0.1, 0.15) is 12.0 Å². The highest BCUT2D eigenvalue weighted by Gasteiger charge is 2.01. The molecule has 0 bridgehead atoms. The molecule has 0 unspecified atom stereocenters. The number of anilines is 2. The van der Waals surface area contributed by atoms with Crippen LogP contribution in [0.2, 0.25) is 5.02 Å². The van der Waals surface area contributed by atoms with Crippen molar-refractivity contribution in [3.05, 3.63) is 53.1 Å². The van der Waals surface area contributed by atoms with Crippen LogP contribution in [0.25, 0.3) is 0 Å². The minimum absolute atomic E-state index is 0.705. The zero-order valence-electron chi connectivity index (χ0n) is 10.6. The van der Waals surface area contributed by atoms with Crippen LogP contribution in [0.15, 0.2) is 47.4 Å². The summed E-state index contributed by atoms with van der Waals surface area (Å²) in [5.74, 6) is 1.04. The molecular weight excluding hydrogens is 276 g/mol. The largest absolute Gasteiger partial charge is 0.399 e. The number of rotatable bonds is 5. The van der Waals surface area contributed by atoms with Gasteiger partial charge in [-0.3, -0.25) is 0 Å². The summed E-state index contributed by atoms with van der Waals surface area (Å²) < 4.78 is 0. The van der Waals surface area contributed by atoms with Gasteiger partial charge in [0, 0.05) is 16.3 Å². The van der Waals surface area contributed by atoms with Crippen LogP contribution in [0.5, 0.6) is 0 Å². The van der Waals surface area contributed by atoms with E-state index < -0.39 is 0 Å². The quantitative estimate of drug-likeness (QED) is 0.492. The number of hydrogen-bond donors (Lipinski definition) is 2. The van der Waals surface area contributed by atoms with Gasteiger partial charge in [0.1, 0.15) is 0 Å². The molecule has 0 heterocycles. The van der Waals surface area contributed by atoms with Crippen LogP contribution < -0.4 is 11.5 Å². The molecule has 0 aliphatic rings. The first kappa shape index (κ1) is 14.1. The second-order valence-corrected chi connectivity index (χ2v) is 5.93. The molecule has 0 radical (unpaired) electrons. The predicted molar refractivity (Wildman–Crippen MR) is 85.8 cm³/mol. The van der Waals surface area contributed by atoms with E-state index in [1.807, 2.05) is 24.3 Å². The van der Waals surface area contributed by atoms with Gasteiger partial charge in [-0.05, 0) is 54.5 Å². The molecule has 2 nitrogen and oxygen atoms in total. The monoisotopic (exact) mass is 292 g/mol. The molecule has 0 atom stereocenters. The Balaban J connectivity index is 1.79. The number of nitrogen functional groups attached to an aromatic ring is 2. The lowest BCUT2D eigenvalue weighted by atomic mass is 10.1. The van der Waals surface area contributed by atoms with Gasteiger partial charge in [0.15, 0.2) is 0 Å². The molecule has 19 heavy (non-hydrogen) atoms. The molecule has 2 rings (SSSR count). The summed E-state index contributed by atoms with van der Waals surface area (Å²) in [7, 11) is 0. The standard InChI is InChI=1S/C15H17ClN2S/c16-14-10-13(18)7-8-15(14)19-9-1-2-11-3-5-12(17)6-4-11/h3-8,10H,1-2,9,17-18H2. The molecular formula is C15H17ClN2S. The fourth-order valence-corrected chi connectivity index (χ4v) is 3.00. The van der Waals surface area contributed by atoms with Crippen molar-refractivity contribution in [2.24, 2.45) is 0 Å². The summed E-state index contributed by atoms with van der Waals surface area (Å²) in [6.45, 7) is 0. The Labute approximate surface area is 123 Å². The minimum atomic E-state index is 0.705. The Hall–Kier alpha value is -1.32. The van der Waals surface area contributed by atoms with Crippen LogP contribution in [-0.4, -0.2) is 5.75 Å². The van der Waals surface area contributed by atoms with Gasteiger partial charge in [-0.2, -0.15) is 0 Å². The molecule has 2 aromatic rings. The highest BCUT2D eigenvalue weighted by molar-refractivity contribution is 7.99. The highest BCUT2D eigenvalue weighted by atomic mass is 35.5. The number of nitrogens with two attached hydrogens (primary N) is 2. The summed E-state index contributed by atoms with van der Waals surface area (Å²) in [5, 5.41) is 0.734. The van der Waals surface area contributed by atoms with Crippen molar-refractivity contribution in [2.75, 3.05) is 17.2 Å². The second-order valence-electron chi connectivity index (χ2n) is 4.38. The molecule has 2 aromatic carbocycles. The van der Waals surface area contributed by atoms with E-state index in [0.717, 1.165) is 34.2 Å². The van der Waals surface area contributed by atoms with Crippen molar-refractivity contribution >= 4 is 34.7 Å². The van der Waals surface area contributed by atoms with E-state index in [-0.39, 0.29) is 0 Å². The van der Waals surface area contributed by atoms with Crippen LogP contribution in [0.3, 0.4) is 0 Å². The van der Waals surface area contributed by atoms with Crippen molar-refractivity contribution < 1.29 is 0 Å². The average molecular weight is 293 g/mol. The predicted octanol–water partition coefficient (Wildman–Crippen LogP) is 4.23. The van der Waals surface area contributed by atoms with E-state index in [9.17, 15) is 0 Å². The lowest BCUT2D eigenvalue weighted by Crippen LogP contribution is -1.90. The maximum atomic E-state index is 6.13. The van der Waals surface area contributed by atoms with Crippen LogP contribution in [0, 0.1) is 0 Å². The molecule has 0 aromatic heterocycles. The second kappa shape index (κ2) is 6.73. The summed E-state index contributed by atoms with van der Waals surface area (Å²) in [6, 6.07) is 13.7. The normalized spacial score (nSPS) is 10.6. The van der Waals surface area contributed by atoms with E-state index >= 15 is 0 Å². The zero-order chi connectivity index (χ0) is 13.7. The fourth-order valence-electron chi connectivity index (χ4n) is 1.78. The van der Waals surface area contributed by atoms with Gasteiger partial charge in [-0.25, -0.2) is 0 Å². The smallest absolute Gasteiger partial charge is 0.0562 e. The van der Waals surface area contributed by atoms with Gasteiger partial charge in [-0.15, -0.1) is 11.8 Å². The number of thioether (sulfide) groups is 1. The van der Waals surface area contributed by atoms with Gasteiger partial charge in [-0.1, -0.05) is 23.7 Å². The van der Waals surface area contributed by atoms with Crippen LogP contribution in [-0.2, 0) is 6.42 Å². The molecule has 4 N–H and O–H groups in total. The first-order chi connectivity index (χ1) is 9.15. The van der Waals surface area contributed by atoms with Gasteiger partial charge >= 0.3 is 0 Å². The van der Waals surface area contributed by atoms with Crippen molar-refractivity contribution in [3.8, 4) is 0 Å². The SMILES string of the molecule is Nc1ccc(CCCSc2ccc(N)cc2Cl)cc1. The fraction of sp³-hybridized carbons (Fsp3) is 0.200. The van der Waals surface area contributed by atoms with Gasteiger partial charge in [0.2, 0.25) is 0 Å². The number of aryl methyl sites for hydroxylation is 1. The van der Waals surface area contributed by atoms with Gasteiger partial charge in [0.05, 0.1) is 5.02 Å². The Kier molecular flexibility index (Phi) is 5.00. The van der Waals surface area contributed by atoms with E-state index in [4.69, 9.17) is 23.1 Å². The Morgan fingerprint density at radius 2 is 1.63 bits per heavy atom. The molecule has 0 saturated carbocycles. The third-order valence-electron chi connectivity index (χ3n) is 2.80. The topological polar surface area (TPSA) is 52.0 Å². The first-order valence-electron chi connectivity index (χ1n) is 6.17. The van der Waals surface area contributed by atoms with Crippen molar-refractivity contribution in [2.45, 2.75) is 17.7 Å². The molecule has 0 saturated heterocycles.